The lowest BCUT2D eigenvalue weighted by Gasteiger charge is -2.16. The minimum Gasteiger partial charge on any atom is -0.462 e. The molecule has 0 spiro atoms. The van der Waals surface area contributed by atoms with Crippen LogP contribution in [0.15, 0.2) is 54.7 Å². The number of fused-ring (bicyclic) bond motifs is 1. The molecule has 1 atom stereocenters. The molecule has 2 aromatic carbocycles. The quantitative estimate of drug-likeness (QED) is 0.619. The van der Waals surface area contributed by atoms with Gasteiger partial charge in [0.05, 0.1) is 5.92 Å². The Morgan fingerprint density at radius 2 is 1.81 bits per heavy atom. The summed E-state index contributed by atoms with van der Waals surface area (Å²) in [5.74, 6) is -0.156. The first-order valence-corrected chi connectivity index (χ1v) is 9.56. The second-order valence-corrected chi connectivity index (χ2v) is 7.43. The average molecular weight is 347 g/mol. The number of ether oxygens (including phenoxy) is 1. The SMILES string of the molecule is CC(Cc1ccc(-c2ccc3[nH]ccc3c2)cc1)C(=O)OC1CCCC1. The molecule has 1 aliphatic carbocycles. The van der Waals surface area contributed by atoms with E-state index in [0.29, 0.717) is 0 Å². The molecule has 4 rings (SSSR count). The summed E-state index contributed by atoms with van der Waals surface area (Å²) < 4.78 is 5.63. The lowest BCUT2D eigenvalue weighted by molar-refractivity contribution is -0.153. The first kappa shape index (κ1) is 16.9. The number of rotatable bonds is 5. The summed E-state index contributed by atoms with van der Waals surface area (Å²) >= 11 is 0. The Kier molecular flexibility index (Phi) is 4.79. The van der Waals surface area contributed by atoms with Gasteiger partial charge in [-0.1, -0.05) is 37.3 Å². The summed E-state index contributed by atoms with van der Waals surface area (Å²) in [6.45, 7) is 1.96. The summed E-state index contributed by atoms with van der Waals surface area (Å²) in [6, 6.07) is 17.0. The molecule has 26 heavy (non-hydrogen) atoms. The van der Waals surface area contributed by atoms with Crippen molar-refractivity contribution in [2.24, 2.45) is 5.92 Å². The van der Waals surface area contributed by atoms with E-state index in [0.717, 1.165) is 24.8 Å². The Morgan fingerprint density at radius 1 is 1.08 bits per heavy atom. The zero-order chi connectivity index (χ0) is 17.9. The van der Waals surface area contributed by atoms with Gasteiger partial charge >= 0.3 is 5.97 Å². The molecule has 1 aromatic heterocycles. The van der Waals surface area contributed by atoms with Crippen molar-refractivity contribution in [3.05, 3.63) is 60.3 Å². The first-order chi connectivity index (χ1) is 12.7. The van der Waals surface area contributed by atoms with Crippen molar-refractivity contribution < 1.29 is 9.53 Å². The Hall–Kier alpha value is -2.55. The third kappa shape index (κ3) is 3.67. The Morgan fingerprint density at radius 3 is 2.58 bits per heavy atom. The predicted molar refractivity (Wildman–Crippen MR) is 105 cm³/mol. The Balaban J connectivity index is 1.41. The Bertz CT molecular complexity index is 888. The zero-order valence-electron chi connectivity index (χ0n) is 15.2. The number of H-pyrrole nitrogens is 1. The van der Waals surface area contributed by atoms with Crippen LogP contribution in [0.5, 0.6) is 0 Å². The lowest BCUT2D eigenvalue weighted by atomic mass is 9.97. The molecule has 0 bridgehead atoms. The van der Waals surface area contributed by atoms with Crippen LogP contribution in [0.2, 0.25) is 0 Å². The van der Waals surface area contributed by atoms with Crippen molar-refractivity contribution >= 4 is 16.9 Å². The molecule has 1 saturated carbocycles. The fourth-order valence-corrected chi connectivity index (χ4v) is 3.79. The van der Waals surface area contributed by atoms with Crippen LogP contribution in [-0.4, -0.2) is 17.1 Å². The highest BCUT2D eigenvalue weighted by molar-refractivity contribution is 5.85. The smallest absolute Gasteiger partial charge is 0.309 e. The van der Waals surface area contributed by atoms with Crippen LogP contribution < -0.4 is 0 Å². The molecule has 3 heteroatoms. The number of aromatic nitrogens is 1. The van der Waals surface area contributed by atoms with Crippen molar-refractivity contribution in [1.82, 2.24) is 4.98 Å². The zero-order valence-corrected chi connectivity index (χ0v) is 15.2. The molecular formula is C23H25NO2. The van der Waals surface area contributed by atoms with Crippen LogP contribution in [0.25, 0.3) is 22.0 Å². The van der Waals surface area contributed by atoms with Gasteiger partial charge in [-0.05, 0) is 72.4 Å². The maximum atomic E-state index is 12.3. The molecule has 3 nitrogen and oxygen atoms in total. The van der Waals surface area contributed by atoms with E-state index < -0.39 is 0 Å². The maximum Gasteiger partial charge on any atom is 0.309 e. The normalized spacial score (nSPS) is 16.0. The van der Waals surface area contributed by atoms with E-state index in [-0.39, 0.29) is 18.0 Å². The molecule has 0 aliphatic heterocycles. The first-order valence-electron chi connectivity index (χ1n) is 9.56. The maximum absolute atomic E-state index is 12.3. The summed E-state index contributed by atoms with van der Waals surface area (Å²) in [5, 5.41) is 1.22. The molecule has 1 aliphatic rings. The molecule has 134 valence electrons. The molecule has 0 amide bonds. The van der Waals surface area contributed by atoms with Crippen molar-refractivity contribution in [1.29, 1.82) is 0 Å². The number of hydrogen-bond acceptors (Lipinski definition) is 2. The molecule has 0 saturated heterocycles. The van der Waals surface area contributed by atoms with Crippen LogP contribution in [-0.2, 0) is 16.0 Å². The number of aromatic amines is 1. The van der Waals surface area contributed by atoms with Crippen LogP contribution in [0.1, 0.15) is 38.2 Å². The van der Waals surface area contributed by atoms with E-state index in [4.69, 9.17) is 4.74 Å². The van der Waals surface area contributed by atoms with Crippen LogP contribution in [0.4, 0.5) is 0 Å². The largest absolute Gasteiger partial charge is 0.462 e. The number of hydrogen-bond donors (Lipinski definition) is 1. The van der Waals surface area contributed by atoms with Gasteiger partial charge in [0, 0.05) is 11.7 Å². The third-order valence-electron chi connectivity index (χ3n) is 5.37. The predicted octanol–water partition coefficient (Wildman–Crippen LogP) is 5.50. The van der Waals surface area contributed by atoms with Gasteiger partial charge < -0.3 is 9.72 Å². The van der Waals surface area contributed by atoms with E-state index in [1.807, 2.05) is 13.1 Å². The van der Waals surface area contributed by atoms with Gasteiger partial charge in [-0.15, -0.1) is 0 Å². The van der Waals surface area contributed by atoms with Gasteiger partial charge in [0.2, 0.25) is 0 Å². The monoisotopic (exact) mass is 347 g/mol. The van der Waals surface area contributed by atoms with Crippen molar-refractivity contribution in [3.63, 3.8) is 0 Å². The lowest BCUT2D eigenvalue weighted by Crippen LogP contribution is -2.22. The summed E-state index contributed by atoms with van der Waals surface area (Å²) in [7, 11) is 0. The van der Waals surface area contributed by atoms with E-state index in [1.54, 1.807) is 0 Å². The molecule has 1 N–H and O–H groups in total. The second kappa shape index (κ2) is 7.36. The number of esters is 1. The minimum atomic E-state index is -0.0994. The fraction of sp³-hybridized carbons (Fsp3) is 0.348. The van der Waals surface area contributed by atoms with Gasteiger partial charge in [-0.3, -0.25) is 4.79 Å². The third-order valence-corrected chi connectivity index (χ3v) is 5.37. The molecule has 1 fully saturated rings. The fourth-order valence-electron chi connectivity index (χ4n) is 3.79. The van der Waals surface area contributed by atoms with Gasteiger partial charge in [-0.25, -0.2) is 0 Å². The summed E-state index contributed by atoms with van der Waals surface area (Å²) in [6.07, 6.45) is 7.25. The van der Waals surface area contributed by atoms with Crippen molar-refractivity contribution in [3.8, 4) is 11.1 Å². The Labute approximate surface area is 154 Å². The van der Waals surface area contributed by atoms with Crippen molar-refractivity contribution in [2.45, 2.75) is 45.1 Å². The molecule has 1 heterocycles. The summed E-state index contributed by atoms with van der Waals surface area (Å²) in [5.41, 5.74) is 4.72. The molecule has 1 unspecified atom stereocenters. The highest BCUT2D eigenvalue weighted by Gasteiger charge is 2.22. The molecule has 0 radical (unpaired) electrons. The second-order valence-electron chi connectivity index (χ2n) is 7.43. The van der Waals surface area contributed by atoms with Crippen molar-refractivity contribution in [2.75, 3.05) is 0 Å². The number of nitrogens with one attached hydrogen (secondary N) is 1. The van der Waals surface area contributed by atoms with E-state index in [2.05, 4.69) is 53.5 Å². The van der Waals surface area contributed by atoms with Gasteiger partial charge in [0.15, 0.2) is 0 Å². The minimum absolute atomic E-state index is 0.0566. The molecule has 3 aromatic rings. The topological polar surface area (TPSA) is 42.1 Å². The van der Waals surface area contributed by atoms with E-state index in [1.165, 1.54) is 34.9 Å². The average Bonchev–Trinajstić information content (AvgIpc) is 3.33. The van der Waals surface area contributed by atoms with E-state index >= 15 is 0 Å². The van der Waals surface area contributed by atoms with E-state index in [9.17, 15) is 4.79 Å². The molecular weight excluding hydrogens is 322 g/mol. The number of carbonyl (C=O) groups is 1. The van der Waals surface area contributed by atoms with Crippen LogP contribution in [0, 0.1) is 5.92 Å². The van der Waals surface area contributed by atoms with Crippen LogP contribution in [0.3, 0.4) is 0 Å². The van der Waals surface area contributed by atoms with Gasteiger partial charge in [0.25, 0.3) is 0 Å². The van der Waals surface area contributed by atoms with Crippen LogP contribution >= 0.6 is 0 Å². The number of benzene rings is 2. The van der Waals surface area contributed by atoms with Gasteiger partial charge in [-0.2, -0.15) is 0 Å². The highest BCUT2D eigenvalue weighted by Crippen LogP contribution is 2.26. The number of carbonyl (C=O) groups excluding carboxylic acids is 1. The standard InChI is InChI=1S/C23H25NO2/c1-16(23(25)26-21-4-2-3-5-21)14-17-6-8-18(9-7-17)19-10-11-22-20(15-19)12-13-24-22/h6-13,15-16,21,24H,2-5,14H2,1H3. The van der Waals surface area contributed by atoms with Gasteiger partial charge in [0.1, 0.15) is 6.10 Å². The summed E-state index contributed by atoms with van der Waals surface area (Å²) in [4.78, 5) is 15.5. The highest BCUT2D eigenvalue weighted by atomic mass is 16.5.